The van der Waals surface area contributed by atoms with E-state index >= 15 is 0 Å². The van der Waals surface area contributed by atoms with Crippen LogP contribution in [0.25, 0.3) is 0 Å². The Morgan fingerprint density at radius 2 is 1.79 bits per heavy atom. The number of hydrogen-bond donors (Lipinski definition) is 2. The van der Waals surface area contributed by atoms with Crippen molar-refractivity contribution < 1.29 is 19.4 Å². The summed E-state index contributed by atoms with van der Waals surface area (Å²) in [5, 5.41) is 8.77. The summed E-state index contributed by atoms with van der Waals surface area (Å²) in [6.45, 7) is 5.33. The molecule has 0 fully saturated rings. The number of aromatic carboxylic acids is 1. The SMILES string of the molecule is CC(C)(C)OC(=O)[C@H](N)Cc1ccc(C(=O)O)cc1. The van der Waals surface area contributed by atoms with Crippen molar-refractivity contribution >= 4 is 11.9 Å². The maximum atomic E-state index is 11.7. The Hall–Kier alpha value is -1.88. The third-order valence-electron chi connectivity index (χ3n) is 2.37. The summed E-state index contributed by atoms with van der Waals surface area (Å²) in [5.41, 5.74) is 6.19. The smallest absolute Gasteiger partial charge is 0.335 e. The predicted molar refractivity (Wildman–Crippen MR) is 70.9 cm³/mol. The number of carboxylic acids is 1. The third-order valence-corrected chi connectivity index (χ3v) is 2.37. The van der Waals surface area contributed by atoms with Crippen LogP contribution in [0.2, 0.25) is 0 Å². The highest BCUT2D eigenvalue weighted by Gasteiger charge is 2.22. The van der Waals surface area contributed by atoms with Gasteiger partial charge in [0.1, 0.15) is 11.6 Å². The second-order valence-electron chi connectivity index (χ2n) is 5.35. The van der Waals surface area contributed by atoms with E-state index in [4.69, 9.17) is 15.6 Å². The number of carbonyl (C=O) groups is 2. The number of carboxylic acid groups (broad SMARTS) is 1. The highest BCUT2D eigenvalue weighted by Crippen LogP contribution is 2.11. The monoisotopic (exact) mass is 265 g/mol. The minimum absolute atomic E-state index is 0.203. The Morgan fingerprint density at radius 1 is 1.26 bits per heavy atom. The Morgan fingerprint density at radius 3 is 2.21 bits per heavy atom. The topological polar surface area (TPSA) is 89.6 Å². The average Bonchev–Trinajstić information content (AvgIpc) is 2.27. The average molecular weight is 265 g/mol. The molecule has 0 aliphatic heterocycles. The molecular formula is C14H19NO4. The Balaban J connectivity index is 2.64. The molecule has 0 saturated heterocycles. The van der Waals surface area contributed by atoms with Crippen LogP contribution in [0.1, 0.15) is 36.7 Å². The summed E-state index contributed by atoms with van der Waals surface area (Å²) >= 11 is 0. The standard InChI is InChI=1S/C14H19NO4/c1-14(2,3)19-13(18)11(15)8-9-4-6-10(7-5-9)12(16)17/h4-7,11H,8,15H2,1-3H3,(H,16,17)/t11-/m1/s1. The lowest BCUT2D eigenvalue weighted by molar-refractivity contribution is -0.156. The van der Waals surface area contributed by atoms with E-state index in [9.17, 15) is 9.59 Å². The van der Waals surface area contributed by atoms with Crippen LogP contribution in [0.3, 0.4) is 0 Å². The number of ether oxygens (including phenoxy) is 1. The number of hydrogen-bond acceptors (Lipinski definition) is 4. The number of carbonyl (C=O) groups excluding carboxylic acids is 1. The summed E-state index contributed by atoms with van der Waals surface area (Å²) in [6.07, 6.45) is 0.314. The fraction of sp³-hybridized carbons (Fsp3) is 0.429. The second kappa shape index (κ2) is 5.84. The fourth-order valence-electron chi connectivity index (χ4n) is 1.50. The lowest BCUT2D eigenvalue weighted by Crippen LogP contribution is -2.38. The number of nitrogens with two attached hydrogens (primary N) is 1. The van der Waals surface area contributed by atoms with E-state index in [-0.39, 0.29) is 5.56 Å². The van der Waals surface area contributed by atoms with Gasteiger partial charge in [0.15, 0.2) is 0 Å². The molecule has 0 heterocycles. The molecule has 0 aromatic heterocycles. The largest absolute Gasteiger partial charge is 0.478 e. The van der Waals surface area contributed by atoms with Gasteiger partial charge in [-0.15, -0.1) is 0 Å². The maximum Gasteiger partial charge on any atom is 0.335 e. The zero-order valence-corrected chi connectivity index (χ0v) is 11.3. The van der Waals surface area contributed by atoms with Gasteiger partial charge in [-0.2, -0.15) is 0 Å². The van der Waals surface area contributed by atoms with Gasteiger partial charge >= 0.3 is 11.9 Å². The summed E-state index contributed by atoms with van der Waals surface area (Å²) in [5.74, 6) is -1.45. The van der Waals surface area contributed by atoms with Crippen molar-refractivity contribution in [2.24, 2.45) is 5.73 Å². The molecule has 3 N–H and O–H groups in total. The molecule has 5 nitrogen and oxygen atoms in total. The van der Waals surface area contributed by atoms with Gasteiger partial charge in [-0.1, -0.05) is 12.1 Å². The first-order chi connectivity index (χ1) is 8.69. The van der Waals surface area contributed by atoms with E-state index in [0.717, 1.165) is 5.56 Å². The van der Waals surface area contributed by atoms with Gasteiger partial charge in [0.2, 0.25) is 0 Å². The van der Waals surface area contributed by atoms with Gasteiger partial charge in [-0.3, -0.25) is 4.79 Å². The molecule has 1 aromatic carbocycles. The van der Waals surface area contributed by atoms with E-state index in [1.807, 2.05) is 0 Å². The first kappa shape index (κ1) is 15.2. The summed E-state index contributed by atoms with van der Waals surface area (Å²) in [4.78, 5) is 22.4. The van der Waals surface area contributed by atoms with Crippen LogP contribution < -0.4 is 5.73 Å². The molecule has 1 rings (SSSR count). The van der Waals surface area contributed by atoms with E-state index in [2.05, 4.69) is 0 Å². The van der Waals surface area contributed by atoms with Gasteiger partial charge in [0.25, 0.3) is 0 Å². The lowest BCUT2D eigenvalue weighted by Gasteiger charge is -2.22. The fourth-order valence-corrected chi connectivity index (χ4v) is 1.50. The van der Waals surface area contributed by atoms with Gasteiger partial charge in [-0.25, -0.2) is 4.79 Å². The predicted octanol–water partition coefficient (Wildman–Crippen LogP) is 1.60. The molecule has 1 aromatic rings. The molecule has 0 saturated carbocycles. The molecule has 0 spiro atoms. The van der Waals surface area contributed by atoms with Crippen molar-refractivity contribution in [3.8, 4) is 0 Å². The van der Waals surface area contributed by atoms with Crippen LogP contribution in [0.4, 0.5) is 0 Å². The van der Waals surface area contributed by atoms with Crippen LogP contribution in [-0.2, 0) is 16.0 Å². The highest BCUT2D eigenvalue weighted by atomic mass is 16.6. The summed E-state index contributed by atoms with van der Waals surface area (Å²) in [6, 6.07) is 5.51. The van der Waals surface area contributed by atoms with Crippen molar-refractivity contribution in [1.82, 2.24) is 0 Å². The molecule has 0 radical (unpaired) electrons. The molecule has 19 heavy (non-hydrogen) atoms. The van der Waals surface area contributed by atoms with Crippen LogP contribution in [0.5, 0.6) is 0 Å². The third kappa shape index (κ3) is 5.09. The summed E-state index contributed by atoms with van der Waals surface area (Å²) in [7, 11) is 0. The minimum Gasteiger partial charge on any atom is -0.478 e. The lowest BCUT2D eigenvalue weighted by atomic mass is 10.0. The van der Waals surface area contributed by atoms with Crippen LogP contribution in [0, 0.1) is 0 Å². The van der Waals surface area contributed by atoms with E-state index in [1.54, 1.807) is 32.9 Å². The van der Waals surface area contributed by atoms with Crippen LogP contribution >= 0.6 is 0 Å². The minimum atomic E-state index is -0.983. The molecule has 0 bridgehead atoms. The van der Waals surface area contributed by atoms with Crippen LogP contribution in [0.15, 0.2) is 24.3 Å². The van der Waals surface area contributed by atoms with Crippen LogP contribution in [-0.4, -0.2) is 28.7 Å². The van der Waals surface area contributed by atoms with Crippen molar-refractivity contribution in [1.29, 1.82) is 0 Å². The van der Waals surface area contributed by atoms with Gasteiger partial charge in [0.05, 0.1) is 5.56 Å². The number of esters is 1. The molecule has 104 valence electrons. The zero-order chi connectivity index (χ0) is 14.6. The van der Waals surface area contributed by atoms with Crippen molar-refractivity contribution in [2.75, 3.05) is 0 Å². The highest BCUT2D eigenvalue weighted by molar-refractivity contribution is 5.87. The Labute approximate surface area is 112 Å². The first-order valence-electron chi connectivity index (χ1n) is 6.00. The van der Waals surface area contributed by atoms with E-state index < -0.39 is 23.6 Å². The molecule has 0 aliphatic carbocycles. The van der Waals surface area contributed by atoms with Gasteiger partial charge < -0.3 is 15.6 Å². The Kier molecular flexibility index (Phi) is 4.67. The quantitative estimate of drug-likeness (QED) is 0.807. The van der Waals surface area contributed by atoms with E-state index in [0.29, 0.717) is 6.42 Å². The molecular weight excluding hydrogens is 246 g/mol. The number of benzene rings is 1. The van der Waals surface area contributed by atoms with Gasteiger partial charge in [0, 0.05) is 0 Å². The maximum absolute atomic E-state index is 11.7. The first-order valence-corrected chi connectivity index (χ1v) is 6.00. The molecule has 1 atom stereocenters. The number of rotatable bonds is 4. The molecule has 5 heteroatoms. The van der Waals surface area contributed by atoms with Crippen molar-refractivity contribution in [2.45, 2.75) is 38.8 Å². The second-order valence-corrected chi connectivity index (χ2v) is 5.35. The molecule has 0 unspecified atom stereocenters. The van der Waals surface area contributed by atoms with Crippen molar-refractivity contribution in [3.05, 3.63) is 35.4 Å². The molecule has 0 amide bonds. The van der Waals surface area contributed by atoms with Crippen molar-refractivity contribution in [3.63, 3.8) is 0 Å². The molecule has 0 aliphatic rings. The van der Waals surface area contributed by atoms with Gasteiger partial charge in [-0.05, 0) is 44.9 Å². The normalized spacial score (nSPS) is 12.8. The van der Waals surface area contributed by atoms with E-state index in [1.165, 1.54) is 12.1 Å². The summed E-state index contributed by atoms with van der Waals surface area (Å²) < 4.78 is 5.18. The Bertz CT molecular complexity index is 459. The zero-order valence-electron chi connectivity index (χ0n) is 11.3.